The molecule has 0 radical (unpaired) electrons. The lowest BCUT2D eigenvalue weighted by Gasteiger charge is -2.34. The minimum absolute atomic E-state index is 0.864. The Morgan fingerprint density at radius 3 is 1.43 bits per heavy atom. The number of imidazole rings is 4. The van der Waals surface area contributed by atoms with Crippen molar-refractivity contribution in [2.75, 3.05) is 0 Å². The van der Waals surface area contributed by atoms with Crippen LogP contribution in [0.25, 0.3) is 78.2 Å². The van der Waals surface area contributed by atoms with Crippen molar-refractivity contribution < 1.29 is 0 Å². The van der Waals surface area contributed by atoms with Crippen LogP contribution in [0, 0.1) is 0 Å². The Hall–Kier alpha value is -8.26. The van der Waals surface area contributed by atoms with E-state index in [1.807, 2.05) is 0 Å². The summed E-state index contributed by atoms with van der Waals surface area (Å²) in [7, 11) is -2.77. The minimum Gasteiger partial charge on any atom is -0.278 e. The highest BCUT2D eigenvalue weighted by atomic mass is 28.3. The average Bonchev–Trinajstić information content (AvgIpc) is 4.09. The van der Waals surface area contributed by atoms with Gasteiger partial charge in [-0.15, -0.1) is 0 Å². The minimum atomic E-state index is -2.77. The molecule has 7 heteroatoms. The summed E-state index contributed by atoms with van der Waals surface area (Å²) in [6.07, 6.45) is 0. The molecule has 0 saturated heterocycles. The molecule has 296 valence electrons. The number of aromatic nitrogens is 6. The summed E-state index contributed by atoms with van der Waals surface area (Å²) in [5.41, 5.74) is 12.8. The molecule has 13 rings (SSSR count). The van der Waals surface area contributed by atoms with Crippen LogP contribution in [-0.2, 0) is 0 Å². The Labute approximate surface area is 363 Å². The predicted octanol–water partition coefficient (Wildman–Crippen LogP) is 10.2. The summed E-state index contributed by atoms with van der Waals surface area (Å²) in [6, 6.07) is 83.7. The van der Waals surface area contributed by atoms with E-state index < -0.39 is 8.07 Å². The van der Waals surface area contributed by atoms with Crippen LogP contribution >= 0.6 is 0 Å². The Kier molecular flexibility index (Phi) is 7.82. The van der Waals surface area contributed by atoms with E-state index in [-0.39, 0.29) is 0 Å². The summed E-state index contributed by atoms with van der Waals surface area (Å²) >= 11 is 0. The number of para-hydroxylation sites is 7. The second kappa shape index (κ2) is 13.9. The number of hydrogen-bond donors (Lipinski definition) is 0. The number of nitrogens with zero attached hydrogens (tertiary/aromatic N) is 6. The Morgan fingerprint density at radius 1 is 0.317 bits per heavy atom. The maximum absolute atomic E-state index is 5.37. The van der Waals surface area contributed by atoms with Crippen LogP contribution in [0.3, 0.4) is 0 Å². The van der Waals surface area contributed by atoms with E-state index in [0.717, 1.165) is 78.2 Å². The monoisotopic (exact) mass is 822 g/mol. The van der Waals surface area contributed by atoms with Crippen molar-refractivity contribution in [1.29, 1.82) is 0 Å². The summed E-state index contributed by atoms with van der Waals surface area (Å²) < 4.78 is 9.24. The normalized spacial score (nSPS) is 12.1. The molecule has 0 saturated carbocycles. The van der Waals surface area contributed by atoms with Crippen LogP contribution in [0.4, 0.5) is 0 Å². The Balaban J connectivity index is 1.06. The van der Waals surface area contributed by atoms with Crippen LogP contribution in [-0.4, -0.2) is 36.0 Å². The molecule has 0 aliphatic rings. The first-order chi connectivity index (χ1) is 31.3. The molecule has 0 aliphatic carbocycles. The van der Waals surface area contributed by atoms with Gasteiger partial charge in [0.25, 0.3) is 0 Å². The summed E-state index contributed by atoms with van der Waals surface area (Å²) in [4.78, 5) is 10.6. The van der Waals surface area contributed by atoms with Crippen LogP contribution in [0.2, 0.25) is 0 Å². The quantitative estimate of drug-likeness (QED) is 0.119. The molecule has 4 aromatic heterocycles. The van der Waals surface area contributed by atoms with Crippen LogP contribution in [0.1, 0.15) is 0 Å². The van der Waals surface area contributed by atoms with Crippen molar-refractivity contribution in [1.82, 2.24) is 27.9 Å². The van der Waals surface area contributed by atoms with Gasteiger partial charge in [0.05, 0.1) is 55.5 Å². The van der Waals surface area contributed by atoms with E-state index in [1.165, 1.54) is 20.7 Å². The molecule has 0 aliphatic heterocycles. The van der Waals surface area contributed by atoms with Gasteiger partial charge in [-0.05, 0) is 87.0 Å². The molecule has 0 fully saturated rings. The molecule has 0 bridgehead atoms. The molecule has 0 unspecified atom stereocenters. The molecule has 13 aromatic rings. The fourth-order valence-corrected chi connectivity index (χ4v) is 15.1. The van der Waals surface area contributed by atoms with Gasteiger partial charge in [0.1, 0.15) is 0 Å². The summed E-state index contributed by atoms with van der Waals surface area (Å²) in [5, 5.41) is 5.38. The summed E-state index contributed by atoms with van der Waals surface area (Å²) in [5.74, 6) is 1.75. The van der Waals surface area contributed by atoms with Gasteiger partial charge in [-0.25, -0.2) is 9.97 Å². The number of hydrogen-bond acceptors (Lipinski definition) is 2. The van der Waals surface area contributed by atoms with Crippen LogP contribution in [0.5, 0.6) is 0 Å². The maximum Gasteiger partial charge on any atom is 0.220 e. The molecule has 6 nitrogen and oxygen atoms in total. The van der Waals surface area contributed by atoms with Crippen molar-refractivity contribution >= 4 is 84.5 Å². The molecule has 0 atom stereocenters. The van der Waals surface area contributed by atoms with Gasteiger partial charge in [-0.2, -0.15) is 0 Å². The van der Waals surface area contributed by atoms with Crippen molar-refractivity contribution in [2.24, 2.45) is 0 Å². The Bertz CT molecular complexity index is 3760. The van der Waals surface area contributed by atoms with Gasteiger partial charge in [-0.1, -0.05) is 170 Å². The van der Waals surface area contributed by atoms with Gasteiger partial charge >= 0.3 is 0 Å². The highest BCUT2D eigenvalue weighted by Gasteiger charge is 2.41. The van der Waals surface area contributed by atoms with Gasteiger partial charge in [0.15, 0.2) is 8.07 Å². The fourth-order valence-electron chi connectivity index (χ4n) is 10.3. The molecule has 4 heterocycles. The lowest BCUT2D eigenvalue weighted by atomic mass is 10.0. The third-order valence-corrected chi connectivity index (χ3v) is 17.7. The predicted molar refractivity (Wildman–Crippen MR) is 262 cm³/mol. The zero-order valence-corrected chi connectivity index (χ0v) is 35.1. The number of benzene rings is 9. The van der Waals surface area contributed by atoms with Crippen LogP contribution < -0.4 is 20.7 Å². The molecular weight excluding hydrogens is 785 g/mol. The lowest BCUT2D eigenvalue weighted by molar-refractivity contribution is 1.11. The summed E-state index contributed by atoms with van der Waals surface area (Å²) in [6.45, 7) is 0. The molecule has 9 aromatic carbocycles. The average molecular weight is 823 g/mol. The van der Waals surface area contributed by atoms with E-state index in [9.17, 15) is 0 Å². The lowest BCUT2D eigenvalue weighted by Crippen LogP contribution is -2.74. The largest absolute Gasteiger partial charge is 0.278 e. The number of fused-ring (bicyclic) bond motifs is 10. The van der Waals surface area contributed by atoms with Gasteiger partial charge in [0, 0.05) is 5.56 Å². The van der Waals surface area contributed by atoms with Crippen molar-refractivity contribution in [3.63, 3.8) is 0 Å². The van der Waals surface area contributed by atoms with Gasteiger partial charge in [-0.3, -0.25) is 17.9 Å². The molecule has 0 spiro atoms. The fraction of sp³-hybridized carbons (Fsp3) is 0. The van der Waals surface area contributed by atoms with E-state index in [4.69, 9.17) is 9.97 Å². The molecule has 0 amide bonds. The van der Waals surface area contributed by atoms with Crippen molar-refractivity contribution in [3.8, 4) is 22.5 Å². The standard InChI is InChI=1S/C56H38N6Si/c1-4-20-41(21-5-1)63(42-22-6-2-7-23-42,43-24-8-3-9-25-43)44-26-18-19-39(37-44)45-27-10-13-30-48(45)60-53-36-35-40(38-54(53)62-50-32-15-12-29-47(50)58-56(60)62)59-51-33-16-17-34-52(51)61-49-31-14-11-28-46(49)57-55(59)61/h1-38H. The number of rotatable bonds is 7. The highest BCUT2D eigenvalue weighted by Crippen LogP contribution is 2.36. The van der Waals surface area contributed by atoms with E-state index in [1.54, 1.807) is 0 Å². The first-order valence-corrected chi connectivity index (χ1v) is 23.4. The van der Waals surface area contributed by atoms with Gasteiger partial charge in [0.2, 0.25) is 11.6 Å². The third kappa shape index (κ3) is 5.17. The smallest absolute Gasteiger partial charge is 0.220 e. The first kappa shape index (κ1) is 35.5. The second-order valence-electron chi connectivity index (χ2n) is 16.3. The van der Waals surface area contributed by atoms with E-state index in [0.29, 0.717) is 0 Å². The first-order valence-electron chi connectivity index (χ1n) is 21.4. The van der Waals surface area contributed by atoms with E-state index in [2.05, 4.69) is 248 Å². The van der Waals surface area contributed by atoms with Crippen molar-refractivity contribution in [2.45, 2.75) is 0 Å². The third-order valence-electron chi connectivity index (χ3n) is 12.9. The second-order valence-corrected chi connectivity index (χ2v) is 20.1. The van der Waals surface area contributed by atoms with E-state index >= 15 is 0 Å². The van der Waals surface area contributed by atoms with Crippen LogP contribution in [0.15, 0.2) is 231 Å². The Morgan fingerprint density at radius 2 is 0.794 bits per heavy atom. The zero-order chi connectivity index (χ0) is 41.5. The molecule has 0 N–H and O–H groups in total. The van der Waals surface area contributed by atoms with Crippen molar-refractivity contribution in [3.05, 3.63) is 231 Å². The highest BCUT2D eigenvalue weighted by molar-refractivity contribution is 7.19. The zero-order valence-electron chi connectivity index (χ0n) is 34.1. The van der Waals surface area contributed by atoms with Gasteiger partial charge < -0.3 is 0 Å². The SMILES string of the molecule is c1ccc([Si](c2ccccc2)(c2ccccc2)c2cccc(-c3ccccc3-n3c4ccc(-n5c6ccccc6n6c7ccccc7nc56)cc4n4c5ccccc5nc34)c2)cc1. The maximum atomic E-state index is 5.37. The molecule has 63 heavy (non-hydrogen) atoms. The topological polar surface area (TPSA) is 44.5 Å². The molecular formula is C56H38N6Si.